The molecular formula is C15H21NO. The van der Waals surface area contributed by atoms with Gasteiger partial charge >= 0.3 is 0 Å². The second kappa shape index (κ2) is 5.97. The third-order valence-corrected chi connectivity index (χ3v) is 3.50. The van der Waals surface area contributed by atoms with Gasteiger partial charge in [-0.25, -0.2) is 0 Å². The molecule has 1 N–H and O–H groups in total. The topological polar surface area (TPSA) is 29.1 Å². The van der Waals surface area contributed by atoms with E-state index in [9.17, 15) is 4.79 Å². The van der Waals surface area contributed by atoms with Crippen LogP contribution in [0.1, 0.15) is 48.5 Å². The second-order valence-corrected chi connectivity index (χ2v) is 4.77. The highest BCUT2D eigenvalue weighted by molar-refractivity contribution is 6.00. The van der Waals surface area contributed by atoms with E-state index in [1.165, 1.54) is 18.4 Å². The van der Waals surface area contributed by atoms with Gasteiger partial charge in [-0.2, -0.15) is 0 Å². The first-order chi connectivity index (χ1) is 8.31. The average Bonchev–Trinajstić information content (AvgIpc) is 2.67. The maximum Gasteiger partial charge on any atom is 0.179 e. The zero-order valence-corrected chi connectivity index (χ0v) is 10.5. The highest BCUT2D eigenvalue weighted by atomic mass is 16.1. The Labute approximate surface area is 103 Å². The van der Waals surface area contributed by atoms with Crippen molar-refractivity contribution >= 4 is 5.78 Å². The molecule has 0 aromatic heterocycles. The predicted molar refractivity (Wildman–Crippen MR) is 70.4 cm³/mol. The minimum atomic E-state index is 0.0320. The highest BCUT2D eigenvalue weighted by Gasteiger charge is 2.20. The van der Waals surface area contributed by atoms with Crippen LogP contribution in [-0.4, -0.2) is 18.4 Å². The van der Waals surface area contributed by atoms with Crippen LogP contribution in [0.25, 0.3) is 0 Å². The molecule has 1 fully saturated rings. The van der Waals surface area contributed by atoms with Gasteiger partial charge in [0.25, 0.3) is 0 Å². The molecule has 17 heavy (non-hydrogen) atoms. The van der Waals surface area contributed by atoms with Gasteiger partial charge in [0.2, 0.25) is 0 Å². The predicted octanol–water partition coefficient (Wildman–Crippen LogP) is 2.96. The fourth-order valence-corrected chi connectivity index (χ4v) is 2.40. The SMILES string of the molecule is CCc1cccc(C(=O)C2CCCCCN2)c1. The molecule has 2 nitrogen and oxygen atoms in total. The molecule has 2 heteroatoms. The van der Waals surface area contributed by atoms with Crippen molar-refractivity contribution in [2.45, 2.75) is 45.1 Å². The highest BCUT2D eigenvalue weighted by Crippen LogP contribution is 2.14. The Bertz CT molecular complexity index is 378. The van der Waals surface area contributed by atoms with E-state index >= 15 is 0 Å². The number of ketones is 1. The summed E-state index contributed by atoms with van der Waals surface area (Å²) >= 11 is 0. The molecule has 1 heterocycles. The summed E-state index contributed by atoms with van der Waals surface area (Å²) in [6, 6.07) is 8.08. The van der Waals surface area contributed by atoms with Crippen LogP contribution in [0.15, 0.2) is 24.3 Å². The summed E-state index contributed by atoms with van der Waals surface area (Å²) in [6.07, 6.45) is 5.57. The molecule has 92 valence electrons. The van der Waals surface area contributed by atoms with E-state index in [1.54, 1.807) is 0 Å². The molecule has 1 atom stereocenters. The zero-order valence-electron chi connectivity index (χ0n) is 10.5. The number of rotatable bonds is 3. The lowest BCUT2D eigenvalue weighted by Gasteiger charge is -2.14. The quantitative estimate of drug-likeness (QED) is 0.810. The molecular weight excluding hydrogens is 210 g/mol. The maximum absolute atomic E-state index is 12.4. The van der Waals surface area contributed by atoms with Crippen LogP contribution in [0.4, 0.5) is 0 Å². The van der Waals surface area contributed by atoms with E-state index in [-0.39, 0.29) is 11.8 Å². The molecule has 2 rings (SSSR count). The summed E-state index contributed by atoms with van der Waals surface area (Å²) in [4.78, 5) is 12.4. The average molecular weight is 231 g/mol. The molecule has 0 saturated carbocycles. The number of Topliss-reactive ketones (excluding diaryl/α,β-unsaturated/α-hetero) is 1. The second-order valence-electron chi connectivity index (χ2n) is 4.77. The monoisotopic (exact) mass is 231 g/mol. The molecule has 0 spiro atoms. The van der Waals surface area contributed by atoms with Crippen molar-refractivity contribution in [2.75, 3.05) is 6.54 Å². The Morgan fingerprint density at radius 1 is 1.35 bits per heavy atom. The maximum atomic E-state index is 12.4. The zero-order chi connectivity index (χ0) is 12.1. The molecule has 0 radical (unpaired) electrons. The first kappa shape index (κ1) is 12.3. The van der Waals surface area contributed by atoms with Crippen molar-refractivity contribution in [1.29, 1.82) is 0 Å². The number of nitrogens with one attached hydrogen (secondary N) is 1. The Morgan fingerprint density at radius 3 is 3.06 bits per heavy atom. The molecule has 1 aliphatic heterocycles. The van der Waals surface area contributed by atoms with Crippen molar-refractivity contribution < 1.29 is 4.79 Å². The summed E-state index contributed by atoms with van der Waals surface area (Å²) in [5.41, 5.74) is 2.10. The number of carbonyl (C=O) groups is 1. The Balaban J connectivity index is 2.11. The van der Waals surface area contributed by atoms with Crippen molar-refractivity contribution in [1.82, 2.24) is 5.32 Å². The van der Waals surface area contributed by atoms with Crippen LogP contribution in [-0.2, 0) is 6.42 Å². The molecule has 1 aliphatic rings. The van der Waals surface area contributed by atoms with Crippen molar-refractivity contribution in [3.05, 3.63) is 35.4 Å². The van der Waals surface area contributed by atoms with Gasteiger partial charge in [-0.05, 0) is 37.4 Å². The van der Waals surface area contributed by atoms with E-state index in [2.05, 4.69) is 18.3 Å². The summed E-state index contributed by atoms with van der Waals surface area (Å²) < 4.78 is 0. The lowest BCUT2D eigenvalue weighted by Crippen LogP contribution is -2.36. The van der Waals surface area contributed by atoms with Gasteiger partial charge in [0, 0.05) is 5.56 Å². The summed E-state index contributed by atoms with van der Waals surface area (Å²) in [5.74, 6) is 0.266. The number of benzene rings is 1. The Hall–Kier alpha value is -1.15. The normalized spacial score (nSPS) is 20.9. The number of carbonyl (C=O) groups excluding carboxylic acids is 1. The first-order valence-electron chi connectivity index (χ1n) is 6.68. The van der Waals surface area contributed by atoms with Gasteiger partial charge in [0.1, 0.15) is 0 Å². The molecule has 1 unspecified atom stereocenters. The third-order valence-electron chi connectivity index (χ3n) is 3.50. The van der Waals surface area contributed by atoms with Gasteiger partial charge < -0.3 is 5.32 Å². The van der Waals surface area contributed by atoms with Crippen LogP contribution < -0.4 is 5.32 Å². The Morgan fingerprint density at radius 2 is 2.24 bits per heavy atom. The van der Waals surface area contributed by atoms with Gasteiger partial charge in [0.15, 0.2) is 5.78 Å². The summed E-state index contributed by atoms with van der Waals surface area (Å²) in [5, 5.41) is 3.37. The first-order valence-corrected chi connectivity index (χ1v) is 6.68. The fraction of sp³-hybridized carbons (Fsp3) is 0.533. The molecule has 0 bridgehead atoms. The van der Waals surface area contributed by atoms with E-state index in [4.69, 9.17) is 0 Å². The number of hydrogen-bond donors (Lipinski definition) is 1. The standard InChI is InChI=1S/C15H21NO/c1-2-12-7-6-8-13(11-12)15(17)14-9-4-3-5-10-16-14/h6-8,11,14,16H,2-5,9-10H2,1H3. The molecule has 0 amide bonds. The van der Waals surface area contributed by atoms with Crippen molar-refractivity contribution in [3.8, 4) is 0 Å². The largest absolute Gasteiger partial charge is 0.307 e. The van der Waals surface area contributed by atoms with Gasteiger partial charge in [-0.3, -0.25) is 4.79 Å². The lowest BCUT2D eigenvalue weighted by molar-refractivity contribution is 0.0940. The molecule has 0 aliphatic carbocycles. The summed E-state index contributed by atoms with van der Waals surface area (Å²) in [6.45, 7) is 3.09. The minimum Gasteiger partial charge on any atom is -0.307 e. The van der Waals surface area contributed by atoms with Crippen LogP contribution in [0.2, 0.25) is 0 Å². The molecule has 1 saturated heterocycles. The van der Waals surface area contributed by atoms with Crippen LogP contribution in [0, 0.1) is 0 Å². The number of aryl methyl sites for hydroxylation is 1. The van der Waals surface area contributed by atoms with Crippen LogP contribution in [0.3, 0.4) is 0 Å². The fourth-order valence-electron chi connectivity index (χ4n) is 2.40. The molecule has 1 aromatic carbocycles. The summed E-state index contributed by atoms with van der Waals surface area (Å²) in [7, 11) is 0. The van der Waals surface area contributed by atoms with E-state index in [0.717, 1.165) is 31.4 Å². The van der Waals surface area contributed by atoms with Gasteiger partial charge in [0.05, 0.1) is 6.04 Å². The van der Waals surface area contributed by atoms with Crippen molar-refractivity contribution in [2.24, 2.45) is 0 Å². The minimum absolute atomic E-state index is 0.0320. The van der Waals surface area contributed by atoms with Crippen LogP contribution >= 0.6 is 0 Å². The Kier molecular flexibility index (Phi) is 4.32. The van der Waals surface area contributed by atoms with Crippen LogP contribution in [0.5, 0.6) is 0 Å². The van der Waals surface area contributed by atoms with E-state index < -0.39 is 0 Å². The van der Waals surface area contributed by atoms with Crippen molar-refractivity contribution in [3.63, 3.8) is 0 Å². The lowest BCUT2D eigenvalue weighted by atomic mass is 9.98. The molecule has 1 aromatic rings. The van der Waals surface area contributed by atoms with E-state index in [0.29, 0.717) is 0 Å². The van der Waals surface area contributed by atoms with Gasteiger partial charge in [-0.15, -0.1) is 0 Å². The van der Waals surface area contributed by atoms with E-state index in [1.807, 2.05) is 18.2 Å². The van der Waals surface area contributed by atoms with Gasteiger partial charge in [-0.1, -0.05) is 38.0 Å². The number of hydrogen-bond acceptors (Lipinski definition) is 2. The smallest absolute Gasteiger partial charge is 0.179 e. The third kappa shape index (κ3) is 3.16.